The molecule has 1 aliphatic heterocycles. The Balaban J connectivity index is 1.46. The van der Waals surface area contributed by atoms with Crippen molar-refractivity contribution in [3.05, 3.63) is 59.7 Å². The molecule has 0 saturated carbocycles. The summed E-state index contributed by atoms with van der Waals surface area (Å²) >= 11 is 0. The first-order chi connectivity index (χ1) is 15.3. The number of aryl methyl sites for hydroxylation is 1. The zero-order valence-electron chi connectivity index (χ0n) is 19.5. The molecule has 0 spiro atoms. The average molecular weight is 439 g/mol. The molecule has 1 heterocycles. The highest BCUT2D eigenvalue weighted by molar-refractivity contribution is 5.94. The van der Waals surface area contributed by atoms with Gasteiger partial charge in [-0.25, -0.2) is 0 Å². The molecule has 0 aliphatic carbocycles. The second-order valence-electron chi connectivity index (χ2n) is 8.63. The Morgan fingerprint density at radius 1 is 1.00 bits per heavy atom. The molecule has 172 valence electrons. The minimum Gasteiger partial charge on any atom is -0.492 e. The van der Waals surface area contributed by atoms with Crippen LogP contribution in [0, 0.1) is 6.92 Å². The third-order valence-corrected chi connectivity index (χ3v) is 5.98. The molecule has 2 aromatic rings. The number of rotatable bonds is 8. The Morgan fingerprint density at radius 2 is 1.69 bits per heavy atom. The van der Waals surface area contributed by atoms with Crippen LogP contribution in [0.4, 0.5) is 0 Å². The van der Waals surface area contributed by atoms with E-state index in [0.717, 1.165) is 30.6 Å². The summed E-state index contributed by atoms with van der Waals surface area (Å²) < 4.78 is 11.4. The fourth-order valence-corrected chi connectivity index (χ4v) is 4.15. The van der Waals surface area contributed by atoms with Crippen molar-refractivity contribution in [1.29, 1.82) is 0 Å². The van der Waals surface area contributed by atoms with Gasteiger partial charge in [0.05, 0.1) is 6.54 Å². The van der Waals surface area contributed by atoms with Crippen LogP contribution in [0.2, 0.25) is 0 Å². The normalized spacial score (nSPS) is 18.2. The van der Waals surface area contributed by atoms with Crippen molar-refractivity contribution in [3.63, 3.8) is 0 Å². The van der Waals surface area contributed by atoms with Gasteiger partial charge < -0.3 is 19.3 Å². The minimum atomic E-state index is -0.0866. The van der Waals surface area contributed by atoms with E-state index in [9.17, 15) is 9.59 Å². The van der Waals surface area contributed by atoms with E-state index in [-0.39, 0.29) is 30.5 Å². The van der Waals surface area contributed by atoms with Gasteiger partial charge in [-0.1, -0.05) is 12.1 Å². The molecule has 6 heteroatoms. The highest BCUT2D eigenvalue weighted by Gasteiger charge is 2.29. The SMILES string of the molecule is Cc1cccc(OCCN(C)C(=O)c2ccc(OCC(=O)N3C(C)CCCC3C)cc2)c1. The van der Waals surface area contributed by atoms with Gasteiger partial charge in [-0.15, -0.1) is 0 Å². The van der Waals surface area contributed by atoms with Gasteiger partial charge in [-0.05, 0) is 82.0 Å². The molecule has 0 radical (unpaired) electrons. The minimum absolute atomic E-state index is 0.0121. The fraction of sp³-hybridized carbons (Fsp3) is 0.462. The number of hydrogen-bond donors (Lipinski definition) is 0. The molecule has 1 saturated heterocycles. The summed E-state index contributed by atoms with van der Waals surface area (Å²) in [5, 5.41) is 0. The molecular formula is C26H34N2O4. The second-order valence-corrected chi connectivity index (χ2v) is 8.63. The van der Waals surface area contributed by atoms with Crippen LogP contribution in [0.1, 0.15) is 49.0 Å². The molecule has 0 N–H and O–H groups in total. The van der Waals surface area contributed by atoms with Crippen LogP contribution >= 0.6 is 0 Å². The molecule has 3 rings (SSSR count). The Labute approximate surface area is 191 Å². The molecule has 1 aliphatic rings. The summed E-state index contributed by atoms with van der Waals surface area (Å²) in [7, 11) is 1.76. The lowest BCUT2D eigenvalue weighted by atomic mass is 9.97. The molecule has 2 amide bonds. The summed E-state index contributed by atoms with van der Waals surface area (Å²) in [6.45, 7) is 7.11. The number of likely N-dealkylation sites (tertiary alicyclic amines) is 1. The molecule has 2 unspecified atom stereocenters. The van der Waals surface area contributed by atoms with Crippen LogP contribution in [0.3, 0.4) is 0 Å². The molecule has 1 fully saturated rings. The maximum Gasteiger partial charge on any atom is 0.260 e. The summed E-state index contributed by atoms with van der Waals surface area (Å²) in [6.07, 6.45) is 3.24. The van der Waals surface area contributed by atoms with Gasteiger partial charge in [-0.3, -0.25) is 9.59 Å². The van der Waals surface area contributed by atoms with Crippen molar-refractivity contribution in [2.24, 2.45) is 0 Å². The lowest BCUT2D eigenvalue weighted by molar-refractivity contribution is -0.139. The van der Waals surface area contributed by atoms with E-state index in [1.807, 2.05) is 36.1 Å². The van der Waals surface area contributed by atoms with Crippen LogP contribution in [0.25, 0.3) is 0 Å². The number of piperidine rings is 1. The lowest BCUT2D eigenvalue weighted by Crippen LogP contribution is -2.49. The van der Waals surface area contributed by atoms with Crippen LogP contribution in [-0.2, 0) is 4.79 Å². The first-order valence-corrected chi connectivity index (χ1v) is 11.3. The van der Waals surface area contributed by atoms with E-state index in [1.54, 1.807) is 36.2 Å². The van der Waals surface area contributed by atoms with E-state index < -0.39 is 0 Å². The Bertz CT molecular complexity index is 902. The quantitative estimate of drug-likeness (QED) is 0.616. The van der Waals surface area contributed by atoms with Gasteiger partial charge in [0.1, 0.15) is 18.1 Å². The number of benzene rings is 2. The molecule has 32 heavy (non-hydrogen) atoms. The maximum absolute atomic E-state index is 12.7. The summed E-state index contributed by atoms with van der Waals surface area (Å²) in [5.41, 5.74) is 1.70. The van der Waals surface area contributed by atoms with Crippen molar-refractivity contribution < 1.29 is 19.1 Å². The van der Waals surface area contributed by atoms with Gasteiger partial charge in [0.2, 0.25) is 0 Å². The summed E-state index contributed by atoms with van der Waals surface area (Å²) in [6, 6.07) is 15.3. The number of likely N-dealkylation sites (N-methyl/N-ethyl adjacent to an activating group) is 1. The zero-order valence-corrected chi connectivity index (χ0v) is 19.5. The maximum atomic E-state index is 12.7. The molecule has 2 atom stereocenters. The monoisotopic (exact) mass is 438 g/mol. The number of carbonyl (C=O) groups excluding carboxylic acids is 2. The topological polar surface area (TPSA) is 59.1 Å². The standard InChI is InChI=1S/C26H34N2O4/c1-19-7-5-10-24(17-19)31-16-15-27(4)26(30)22-11-13-23(14-12-22)32-18-25(29)28-20(2)8-6-9-21(28)3/h5,7,10-14,17,20-21H,6,8-9,15-16,18H2,1-4H3. The smallest absolute Gasteiger partial charge is 0.260 e. The number of amides is 2. The summed E-state index contributed by atoms with van der Waals surface area (Å²) in [4.78, 5) is 28.8. The van der Waals surface area contributed by atoms with Gasteiger partial charge in [0.25, 0.3) is 11.8 Å². The lowest BCUT2D eigenvalue weighted by Gasteiger charge is -2.38. The summed E-state index contributed by atoms with van der Waals surface area (Å²) in [5.74, 6) is 1.31. The Hall–Kier alpha value is -3.02. The van der Waals surface area contributed by atoms with Crippen LogP contribution < -0.4 is 9.47 Å². The van der Waals surface area contributed by atoms with Gasteiger partial charge in [0, 0.05) is 24.7 Å². The van der Waals surface area contributed by atoms with E-state index in [4.69, 9.17) is 9.47 Å². The highest BCUT2D eigenvalue weighted by Crippen LogP contribution is 2.23. The first-order valence-electron chi connectivity index (χ1n) is 11.3. The Kier molecular flexibility index (Phi) is 8.14. The van der Waals surface area contributed by atoms with Crippen LogP contribution in [0.5, 0.6) is 11.5 Å². The third-order valence-electron chi connectivity index (χ3n) is 5.98. The van der Waals surface area contributed by atoms with Crippen LogP contribution in [-0.4, -0.2) is 60.5 Å². The molecule has 0 bridgehead atoms. The van der Waals surface area contributed by atoms with Crippen molar-refractivity contribution in [3.8, 4) is 11.5 Å². The van der Waals surface area contributed by atoms with Crippen molar-refractivity contribution >= 4 is 11.8 Å². The fourth-order valence-electron chi connectivity index (χ4n) is 4.15. The van der Waals surface area contributed by atoms with E-state index >= 15 is 0 Å². The molecular weight excluding hydrogens is 404 g/mol. The number of ether oxygens (including phenoxy) is 2. The highest BCUT2D eigenvalue weighted by atomic mass is 16.5. The van der Waals surface area contributed by atoms with Crippen LogP contribution in [0.15, 0.2) is 48.5 Å². The number of carbonyl (C=O) groups is 2. The largest absolute Gasteiger partial charge is 0.492 e. The predicted molar refractivity (Wildman–Crippen MR) is 125 cm³/mol. The van der Waals surface area contributed by atoms with Gasteiger partial charge in [0.15, 0.2) is 6.61 Å². The van der Waals surface area contributed by atoms with Crippen molar-refractivity contribution in [2.75, 3.05) is 26.8 Å². The predicted octanol–water partition coefficient (Wildman–Crippen LogP) is 4.31. The molecule has 6 nitrogen and oxygen atoms in total. The van der Waals surface area contributed by atoms with E-state index in [1.165, 1.54) is 0 Å². The van der Waals surface area contributed by atoms with E-state index in [0.29, 0.717) is 24.5 Å². The zero-order chi connectivity index (χ0) is 23.1. The Morgan fingerprint density at radius 3 is 2.34 bits per heavy atom. The first kappa shape index (κ1) is 23.6. The second kappa shape index (κ2) is 11.0. The van der Waals surface area contributed by atoms with Crippen molar-refractivity contribution in [2.45, 2.75) is 52.1 Å². The molecule has 2 aromatic carbocycles. The number of nitrogens with zero attached hydrogens (tertiary/aromatic N) is 2. The third kappa shape index (κ3) is 6.25. The average Bonchev–Trinajstić information content (AvgIpc) is 2.77. The van der Waals surface area contributed by atoms with Gasteiger partial charge in [-0.2, -0.15) is 0 Å². The molecule has 0 aromatic heterocycles. The van der Waals surface area contributed by atoms with Gasteiger partial charge >= 0.3 is 0 Å². The van der Waals surface area contributed by atoms with Crippen molar-refractivity contribution in [1.82, 2.24) is 9.80 Å². The number of hydrogen-bond acceptors (Lipinski definition) is 4. The van der Waals surface area contributed by atoms with E-state index in [2.05, 4.69) is 13.8 Å².